The maximum absolute atomic E-state index is 6.36. The summed E-state index contributed by atoms with van der Waals surface area (Å²) in [7, 11) is 0. The first-order chi connectivity index (χ1) is 9.66. The third kappa shape index (κ3) is 2.57. The van der Waals surface area contributed by atoms with Crippen LogP contribution in [0.1, 0.15) is 17.2 Å². The molecule has 1 heterocycles. The number of halogens is 2. The van der Waals surface area contributed by atoms with E-state index in [9.17, 15) is 0 Å². The zero-order valence-electron chi connectivity index (χ0n) is 10.6. The van der Waals surface area contributed by atoms with Crippen LogP contribution in [0, 0.1) is 0 Å². The summed E-state index contributed by atoms with van der Waals surface area (Å²) in [5.41, 5.74) is 8.52. The van der Waals surface area contributed by atoms with Gasteiger partial charge in [-0.2, -0.15) is 0 Å². The van der Waals surface area contributed by atoms with Crippen molar-refractivity contribution in [3.63, 3.8) is 0 Å². The lowest BCUT2D eigenvalue weighted by atomic mass is 9.99. The van der Waals surface area contributed by atoms with E-state index in [1.165, 1.54) is 15.6 Å². The topological polar surface area (TPSA) is 26.0 Å². The highest BCUT2D eigenvalue weighted by atomic mass is 35.5. The quantitative estimate of drug-likeness (QED) is 0.681. The molecular weight excluding hydrogens is 309 g/mol. The van der Waals surface area contributed by atoms with Gasteiger partial charge in [0.1, 0.15) is 0 Å². The monoisotopic (exact) mass is 321 g/mol. The fourth-order valence-corrected chi connectivity index (χ4v) is 3.76. The van der Waals surface area contributed by atoms with E-state index in [0.29, 0.717) is 16.5 Å². The number of fused-ring (bicyclic) bond motifs is 1. The molecule has 0 saturated heterocycles. The summed E-state index contributed by atoms with van der Waals surface area (Å²) < 4.78 is 1.26. The smallest absolute Gasteiger partial charge is 0.0624 e. The Kier molecular flexibility index (Phi) is 3.99. The highest BCUT2D eigenvalue weighted by Crippen LogP contribution is 2.33. The number of benzene rings is 2. The fraction of sp³-hybridized carbons (Fsp3) is 0.125. The minimum atomic E-state index is -0.0814. The Morgan fingerprint density at radius 1 is 1.05 bits per heavy atom. The maximum Gasteiger partial charge on any atom is 0.0624 e. The summed E-state index contributed by atoms with van der Waals surface area (Å²) >= 11 is 14.0. The average Bonchev–Trinajstić information content (AvgIpc) is 2.88. The molecule has 4 heteroatoms. The summed E-state index contributed by atoms with van der Waals surface area (Å²) in [6.07, 6.45) is 0.681. The molecule has 0 aliphatic heterocycles. The standard InChI is InChI=1S/C16H13Cl2NS/c17-13-6-3-4-10(16(13)18)8-14(19)12-9-20-15-7-2-1-5-11(12)15/h1-7,9,14H,8,19H2. The van der Waals surface area contributed by atoms with E-state index in [-0.39, 0.29) is 6.04 Å². The second-order valence-electron chi connectivity index (χ2n) is 4.71. The van der Waals surface area contributed by atoms with Gasteiger partial charge in [-0.05, 0) is 40.4 Å². The zero-order chi connectivity index (χ0) is 14.1. The Hall–Kier alpha value is -1.06. The van der Waals surface area contributed by atoms with E-state index >= 15 is 0 Å². The van der Waals surface area contributed by atoms with Crippen molar-refractivity contribution in [1.82, 2.24) is 0 Å². The first-order valence-electron chi connectivity index (χ1n) is 6.31. The molecule has 2 N–H and O–H groups in total. The van der Waals surface area contributed by atoms with Crippen molar-refractivity contribution in [3.05, 3.63) is 69.0 Å². The van der Waals surface area contributed by atoms with Gasteiger partial charge in [-0.3, -0.25) is 0 Å². The Morgan fingerprint density at radius 3 is 2.70 bits per heavy atom. The van der Waals surface area contributed by atoms with Crippen LogP contribution in [-0.2, 0) is 6.42 Å². The molecule has 20 heavy (non-hydrogen) atoms. The summed E-state index contributed by atoms with van der Waals surface area (Å²) in [6.45, 7) is 0. The van der Waals surface area contributed by atoms with Crippen molar-refractivity contribution in [2.24, 2.45) is 5.73 Å². The number of hydrogen-bond donors (Lipinski definition) is 1. The lowest BCUT2D eigenvalue weighted by molar-refractivity contribution is 0.730. The first-order valence-corrected chi connectivity index (χ1v) is 7.95. The first kappa shape index (κ1) is 13.9. The van der Waals surface area contributed by atoms with Gasteiger partial charge >= 0.3 is 0 Å². The van der Waals surface area contributed by atoms with Gasteiger partial charge in [0.25, 0.3) is 0 Å². The highest BCUT2D eigenvalue weighted by molar-refractivity contribution is 7.17. The van der Waals surface area contributed by atoms with Gasteiger partial charge in [0.15, 0.2) is 0 Å². The van der Waals surface area contributed by atoms with Crippen LogP contribution in [0.25, 0.3) is 10.1 Å². The Labute approximate surface area is 131 Å². The zero-order valence-corrected chi connectivity index (χ0v) is 13.0. The normalized spacial score (nSPS) is 12.8. The molecule has 1 nitrogen and oxygen atoms in total. The van der Waals surface area contributed by atoms with Crippen LogP contribution < -0.4 is 5.73 Å². The van der Waals surface area contributed by atoms with Gasteiger partial charge < -0.3 is 5.73 Å². The van der Waals surface area contributed by atoms with Crippen LogP contribution in [0.15, 0.2) is 47.8 Å². The summed E-state index contributed by atoms with van der Waals surface area (Å²) in [5, 5.41) is 4.53. The number of rotatable bonds is 3. The predicted octanol–water partition coefficient (Wildman–Crippen LogP) is 5.45. The Morgan fingerprint density at radius 2 is 1.85 bits per heavy atom. The van der Waals surface area contributed by atoms with E-state index in [0.717, 1.165) is 5.56 Å². The average molecular weight is 322 g/mol. The van der Waals surface area contributed by atoms with E-state index in [4.69, 9.17) is 28.9 Å². The molecule has 102 valence electrons. The van der Waals surface area contributed by atoms with Crippen molar-refractivity contribution >= 4 is 44.6 Å². The molecule has 1 aromatic heterocycles. The van der Waals surface area contributed by atoms with E-state index in [1.54, 1.807) is 17.4 Å². The fourth-order valence-electron chi connectivity index (χ4n) is 2.34. The molecule has 0 radical (unpaired) electrons. The summed E-state index contributed by atoms with van der Waals surface area (Å²) in [4.78, 5) is 0. The molecule has 0 aliphatic rings. The molecule has 1 atom stereocenters. The Balaban J connectivity index is 1.93. The molecule has 1 unspecified atom stereocenters. The van der Waals surface area contributed by atoms with Gasteiger partial charge in [-0.25, -0.2) is 0 Å². The van der Waals surface area contributed by atoms with Gasteiger partial charge in [0.2, 0.25) is 0 Å². The molecule has 0 amide bonds. The lowest BCUT2D eigenvalue weighted by Crippen LogP contribution is -2.13. The molecule has 2 aromatic carbocycles. The van der Waals surface area contributed by atoms with Crippen LogP contribution in [0.5, 0.6) is 0 Å². The largest absolute Gasteiger partial charge is 0.324 e. The third-order valence-electron chi connectivity index (χ3n) is 3.38. The molecule has 0 aliphatic carbocycles. The summed E-state index contributed by atoms with van der Waals surface area (Å²) in [5.74, 6) is 0. The van der Waals surface area contributed by atoms with Crippen LogP contribution in [0.4, 0.5) is 0 Å². The second-order valence-corrected chi connectivity index (χ2v) is 6.41. The number of hydrogen-bond acceptors (Lipinski definition) is 2. The van der Waals surface area contributed by atoms with Crippen molar-refractivity contribution in [2.45, 2.75) is 12.5 Å². The van der Waals surface area contributed by atoms with Gasteiger partial charge in [0, 0.05) is 10.7 Å². The molecular formula is C16H13Cl2NS. The van der Waals surface area contributed by atoms with Gasteiger partial charge in [-0.15, -0.1) is 11.3 Å². The molecule has 0 fully saturated rings. The van der Waals surface area contributed by atoms with Gasteiger partial charge in [0.05, 0.1) is 10.0 Å². The SMILES string of the molecule is NC(Cc1cccc(Cl)c1Cl)c1csc2ccccc12. The van der Waals surface area contributed by atoms with E-state index in [1.807, 2.05) is 24.3 Å². The molecule has 0 spiro atoms. The number of nitrogens with two attached hydrogens (primary N) is 1. The molecule has 0 bridgehead atoms. The second kappa shape index (κ2) is 5.74. The Bertz CT molecular complexity index is 751. The van der Waals surface area contributed by atoms with Crippen LogP contribution in [0.2, 0.25) is 10.0 Å². The van der Waals surface area contributed by atoms with Crippen LogP contribution in [-0.4, -0.2) is 0 Å². The summed E-state index contributed by atoms with van der Waals surface area (Å²) in [6, 6.07) is 13.9. The number of thiophene rings is 1. The van der Waals surface area contributed by atoms with Crippen LogP contribution in [0.3, 0.4) is 0 Å². The molecule has 3 aromatic rings. The third-order valence-corrected chi connectivity index (χ3v) is 5.22. The highest BCUT2D eigenvalue weighted by Gasteiger charge is 2.14. The van der Waals surface area contributed by atoms with E-state index in [2.05, 4.69) is 17.5 Å². The minimum Gasteiger partial charge on any atom is -0.324 e. The van der Waals surface area contributed by atoms with E-state index < -0.39 is 0 Å². The molecule has 3 rings (SSSR count). The van der Waals surface area contributed by atoms with Gasteiger partial charge in [-0.1, -0.05) is 53.5 Å². The maximum atomic E-state index is 6.36. The predicted molar refractivity (Wildman–Crippen MR) is 88.9 cm³/mol. The van der Waals surface area contributed by atoms with Crippen molar-refractivity contribution in [2.75, 3.05) is 0 Å². The minimum absolute atomic E-state index is 0.0814. The lowest BCUT2D eigenvalue weighted by Gasteiger charge is -2.13. The van der Waals surface area contributed by atoms with Crippen molar-refractivity contribution in [3.8, 4) is 0 Å². The van der Waals surface area contributed by atoms with Crippen molar-refractivity contribution in [1.29, 1.82) is 0 Å². The van der Waals surface area contributed by atoms with Crippen LogP contribution >= 0.6 is 34.5 Å². The van der Waals surface area contributed by atoms with Crippen molar-refractivity contribution < 1.29 is 0 Å². The molecule has 0 saturated carbocycles.